The Balaban J connectivity index is 2.23. The Morgan fingerprint density at radius 3 is 2.61 bits per heavy atom. The highest BCUT2D eigenvalue weighted by Gasteiger charge is 2.13. The molecule has 0 saturated carbocycles. The van der Waals surface area contributed by atoms with Gasteiger partial charge in [0.15, 0.2) is 0 Å². The van der Waals surface area contributed by atoms with Crippen LogP contribution < -0.4 is 10.1 Å². The van der Waals surface area contributed by atoms with Crippen molar-refractivity contribution in [2.45, 2.75) is 40.2 Å². The van der Waals surface area contributed by atoms with Gasteiger partial charge < -0.3 is 10.1 Å². The average Bonchev–Trinajstić information content (AvgIpc) is 2.50. The lowest BCUT2D eigenvalue weighted by Crippen LogP contribution is -2.14. The third-order valence-corrected chi connectivity index (χ3v) is 4.15. The number of hydrogen-bond acceptors (Lipinski definition) is 2. The van der Waals surface area contributed by atoms with E-state index >= 15 is 0 Å². The van der Waals surface area contributed by atoms with Crippen molar-refractivity contribution in [3.63, 3.8) is 0 Å². The van der Waals surface area contributed by atoms with Crippen LogP contribution in [0.15, 0.2) is 40.9 Å². The van der Waals surface area contributed by atoms with Gasteiger partial charge in [0.25, 0.3) is 5.91 Å². The van der Waals surface area contributed by atoms with Gasteiger partial charge in [0.2, 0.25) is 0 Å². The third-order valence-electron chi connectivity index (χ3n) is 3.54. The first-order valence-corrected chi connectivity index (χ1v) is 8.57. The number of hydrogen-bond donors (Lipinski definition) is 1. The van der Waals surface area contributed by atoms with Crippen LogP contribution in [0, 0.1) is 6.92 Å². The van der Waals surface area contributed by atoms with Crippen molar-refractivity contribution in [3.05, 3.63) is 57.6 Å². The van der Waals surface area contributed by atoms with Gasteiger partial charge >= 0.3 is 0 Å². The summed E-state index contributed by atoms with van der Waals surface area (Å²) in [7, 11) is 0. The number of para-hydroxylation sites is 1. The van der Waals surface area contributed by atoms with E-state index in [0.29, 0.717) is 5.56 Å². The van der Waals surface area contributed by atoms with E-state index in [1.54, 1.807) is 12.1 Å². The fourth-order valence-corrected chi connectivity index (χ4v) is 2.85. The van der Waals surface area contributed by atoms with Crippen molar-refractivity contribution < 1.29 is 9.53 Å². The first kappa shape index (κ1) is 17.5. The quantitative estimate of drug-likeness (QED) is 0.763. The summed E-state index contributed by atoms with van der Waals surface area (Å²) in [6.07, 6.45) is 0.965. The molecule has 0 atom stereocenters. The highest BCUT2D eigenvalue weighted by Crippen LogP contribution is 2.28. The second-order valence-electron chi connectivity index (χ2n) is 5.73. The van der Waals surface area contributed by atoms with Crippen LogP contribution in [0.4, 0.5) is 5.69 Å². The van der Waals surface area contributed by atoms with Gasteiger partial charge in [-0.3, -0.25) is 4.79 Å². The minimum absolute atomic E-state index is 0.0880. The molecule has 3 nitrogen and oxygen atoms in total. The van der Waals surface area contributed by atoms with Crippen molar-refractivity contribution >= 4 is 27.5 Å². The molecule has 4 heteroatoms. The van der Waals surface area contributed by atoms with Crippen LogP contribution in [0.3, 0.4) is 0 Å². The van der Waals surface area contributed by atoms with Crippen LogP contribution in [0.5, 0.6) is 5.75 Å². The van der Waals surface area contributed by atoms with Crippen molar-refractivity contribution in [2.24, 2.45) is 0 Å². The average molecular weight is 376 g/mol. The highest BCUT2D eigenvalue weighted by molar-refractivity contribution is 9.10. The first-order chi connectivity index (χ1) is 10.9. The number of halogens is 1. The lowest BCUT2D eigenvalue weighted by molar-refractivity contribution is 0.102. The molecule has 1 N–H and O–H groups in total. The Morgan fingerprint density at radius 2 is 2.00 bits per heavy atom. The molecule has 0 aliphatic rings. The summed E-state index contributed by atoms with van der Waals surface area (Å²) in [5.41, 5.74) is 3.70. The maximum Gasteiger partial charge on any atom is 0.255 e. The summed E-state index contributed by atoms with van der Waals surface area (Å²) in [5, 5.41) is 3.03. The standard InChI is InChI=1S/C19H22BrNO2/c1-5-14-8-6-7-13(4)18(14)21-19(22)15-9-10-17(16(20)11-15)23-12(2)3/h6-12H,5H2,1-4H3,(H,21,22). The molecule has 122 valence electrons. The number of nitrogens with one attached hydrogen (secondary N) is 1. The van der Waals surface area contributed by atoms with Gasteiger partial charge in [-0.15, -0.1) is 0 Å². The third kappa shape index (κ3) is 4.35. The van der Waals surface area contributed by atoms with E-state index in [1.807, 2.05) is 45.0 Å². The van der Waals surface area contributed by atoms with Crippen LogP contribution in [-0.2, 0) is 6.42 Å². The summed E-state index contributed by atoms with van der Waals surface area (Å²) in [4.78, 5) is 12.5. The van der Waals surface area contributed by atoms with Gasteiger partial charge in [-0.1, -0.05) is 25.1 Å². The normalized spacial score (nSPS) is 10.7. The largest absolute Gasteiger partial charge is 0.490 e. The van der Waals surface area contributed by atoms with E-state index in [9.17, 15) is 4.79 Å². The zero-order chi connectivity index (χ0) is 17.0. The first-order valence-electron chi connectivity index (χ1n) is 7.78. The molecule has 0 radical (unpaired) electrons. The molecular weight excluding hydrogens is 354 g/mol. The number of benzene rings is 2. The van der Waals surface area contributed by atoms with Gasteiger partial charge in [-0.2, -0.15) is 0 Å². The van der Waals surface area contributed by atoms with Gasteiger partial charge in [0.1, 0.15) is 5.75 Å². The lowest BCUT2D eigenvalue weighted by Gasteiger charge is -2.14. The number of ether oxygens (including phenoxy) is 1. The molecule has 0 spiro atoms. The van der Waals surface area contributed by atoms with Crippen molar-refractivity contribution in [2.75, 3.05) is 5.32 Å². The predicted octanol–water partition coefficient (Wildman–Crippen LogP) is 5.36. The number of anilines is 1. The SMILES string of the molecule is CCc1cccc(C)c1NC(=O)c1ccc(OC(C)C)c(Br)c1. The maximum absolute atomic E-state index is 12.5. The number of carbonyl (C=O) groups is 1. The molecule has 1 amide bonds. The zero-order valence-electron chi connectivity index (χ0n) is 13.9. The fraction of sp³-hybridized carbons (Fsp3) is 0.316. The summed E-state index contributed by atoms with van der Waals surface area (Å²) < 4.78 is 6.45. The van der Waals surface area contributed by atoms with Crippen LogP contribution in [0.25, 0.3) is 0 Å². The maximum atomic E-state index is 12.5. The van der Waals surface area contributed by atoms with Crippen molar-refractivity contribution in [3.8, 4) is 5.75 Å². The van der Waals surface area contributed by atoms with E-state index in [0.717, 1.165) is 33.5 Å². The molecule has 0 aliphatic carbocycles. The second-order valence-corrected chi connectivity index (χ2v) is 6.58. The predicted molar refractivity (Wildman–Crippen MR) is 98.4 cm³/mol. The van der Waals surface area contributed by atoms with Gasteiger partial charge in [-0.05, 0) is 72.4 Å². The van der Waals surface area contributed by atoms with E-state index in [1.165, 1.54) is 0 Å². The monoisotopic (exact) mass is 375 g/mol. The molecule has 2 rings (SSSR count). The summed E-state index contributed by atoms with van der Waals surface area (Å²) in [6.45, 7) is 8.03. The summed E-state index contributed by atoms with van der Waals surface area (Å²) in [5.74, 6) is 0.618. The van der Waals surface area contributed by atoms with Crippen LogP contribution in [0.1, 0.15) is 42.3 Å². The number of rotatable bonds is 5. The molecule has 0 heterocycles. The van der Waals surface area contributed by atoms with Crippen molar-refractivity contribution in [1.82, 2.24) is 0 Å². The Kier molecular flexibility index (Phi) is 5.83. The summed E-state index contributed by atoms with van der Waals surface area (Å²) in [6, 6.07) is 11.4. The van der Waals surface area contributed by atoms with E-state index in [-0.39, 0.29) is 12.0 Å². The molecule has 2 aromatic carbocycles. The molecule has 23 heavy (non-hydrogen) atoms. The Morgan fingerprint density at radius 1 is 1.26 bits per heavy atom. The second kappa shape index (κ2) is 7.64. The number of aryl methyl sites for hydroxylation is 2. The smallest absolute Gasteiger partial charge is 0.255 e. The van der Waals surface area contributed by atoms with Crippen molar-refractivity contribution in [1.29, 1.82) is 0 Å². The summed E-state index contributed by atoms with van der Waals surface area (Å²) >= 11 is 3.47. The van der Waals surface area contributed by atoms with Crippen LogP contribution in [-0.4, -0.2) is 12.0 Å². The Bertz CT molecular complexity index is 711. The minimum atomic E-state index is -0.120. The Hall–Kier alpha value is -1.81. The van der Waals surface area contributed by atoms with Gasteiger partial charge in [0, 0.05) is 11.3 Å². The van der Waals surface area contributed by atoms with Gasteiger partial charge in [0.05, 0.1) is 10.6 Å². The minimum Gasteiger partial charge on any atom is -0.490 e. The molecule has 2 aromatic rings. The number of carbonyl (C=O) groups excluding carboxylic acids is 1. The molecule has 0 unspecified atom stereocenters. The molecule has 0 aliphatic heterocycles. The fourth-order valence-electron chi connectivity index (χ4n) is 2.38. The Labute approximate surface area is 146 Å². The van der Waals surface area contributed by atoms with E-state index in [2.05, 4.69) is 28.2 Å². The van der Waals surface area contributed by atoms with Crippen LogP contribution in [0.2, 0.25) is 0 Å². The van der Waals surface area contributed by atoms with E-state index < -0.39 is 0 Å². The zero-order valence-corrected chi connectivity index (χ0v) is 15.5. The van der Waals surface area contributed by atoms with E-state index in [4.69, 9.17) is 4.74 Å². The lowest BCUT2D eigenvalue weighted by atomic mass is 10.1. The molecule has 0 saturated heterocycles. The molecule has 0 fully saturated rings. The van der Waals surface area contributed by atoms with Crippen LogP contribution >= 0.6 is 15.9 Å². The number of amides is 1. The van der Waals surface area contributed by atoms with Gasteiger partial charge in [-0.25, -0.2) is 0 Å². The molecular formula is C19H22BrNO2. The molecule has 0 aromatic heterocycles. The highest BCUT2D eigenvalue weighted by atomic mass is 79.9. The topological polar surface area (TPSA) is 38.3 Å². The molecule has 0 bridgehead atoms.